The van der Waals surface area contributed by atoms with E-state index in [9.17, 15) is 14.9 Å². The third-order valence-corrected chi connectivity index (χ3v) is 5.58. The zero-order chi connectivity index (χ0) is 17.3. The molecule has 0 N–H and O–H groups in total. The predicted molar refractivity (Wildman–Crippen MR) is 93.0 cm³/mol. The van der Waals surface area contributed by atoms with E-state index >= 15 is 0 Å². The van der Waals surface area contributed by atoms with Crippen molar-refractivity contribution < 1.29 is 9.72 Å². The molecule has 1 aromatic carbocycles. The maximum atomic E-state index is 12.5. The van der Waals surface area contributed by atoms with Gasteiger partial charge in [0.05, 0.1) is 26.1 Å². The van der Waals surface area contributed by atoms with Crippen LogP contribution in [-0.4, -0.2) is 20.6 Å². The van der Waals surface area contributed by atoms with Gasteiger partial charge in [-0.3, -0.25) is 14.9 Å². The number of thiophene rings is 1. The van der Waals surface area contributed by atoms with Gasteiger partial charge in [0.25, 0.3) is 11.6 Å². The van der Waals surface area contributed by atoms with Crippen LogP contribution in [0.4, 0.5) is 5.69 Å². The number of benzene rings is 1. The summed E-state index contributed by atoms with van der Waals surface area (Å²) < 4.78 is 1.41. The predicted octanol–water partition coefficient (Wildman–Crippen LogP) is 4.31. The minimum Gasteiger partial charge on any atom is -0.266 e. The van der Waals surface area contributed by atoms with Gasteiger partial charge in [-0.15, -0.1) is 11.3 Å². The lowest BCUT2D eigenvalue weighted by Crippen LogP contribution is -2.13. The van der Waals surface area contributed by atoms with Crippen LogP contribution >= 0.6 is 23.1 Å². The molecule has 2 heterocycles. The Morgan fingerprint density at radius 2 is 1.96 bits per heavy atom. The topological polar surface area (TPSA) is 78.0 Å². The highest BCUT2D eigenvalue weighted by Gasteiger charge is 2.19. The summed E-state index contributed by atoms with van der Waals surface area (Å²) in [4.78, 5) is 25.2. The Hall–Kier alpha value is -2.45. The van der Waals surface area contributed by atoms with E-state index in [0.29, 0.717) is 4.88 Å². The van der Waals surface area contributed by atoms with Gasteiger partial charge in [0.2, 0.25) is 0 Å². The molecular formula is C16H13N3O3S2. The van der Waals surface area contributed by atoms with Crippen molar-refractivity contribution in [3.05, 3.63) is 68.2 Å². The maximum Gasteiger partial charge on any atom is 0.288 e. The fourth-order valence-corrected chi connectivity index (χ4v) is 3.81. The van der Waals surface area contributed by atoms with E-state index in [4.69, 9.17) is 0 Å². The standard InChI is InChI=1S/C16H13N3O3S2/c1-10-15(24-13-7-5-12(6-8-13)19(21)22)11(2)18(17-10)16(20)14-4-3-9-23-14/h3-9H,1-2H3. The first-order chi connectivity index (χ1) is 11.5. The van der Waals surface area contributed by atoms with E-state index in [1.807, 2.05) is 25.3 Å². The molecule has 122 valence electrons. The van der Waals surface area contributed by atoms with Crippen molar-refractivity contribution in [2.24, 2.45) is 0 Å². The molecule has 0 aliphatic heterocycles. The van der Waals surface area contributed by atoms with Gasteiger partial charge in [0, 0.05) is 17.0 Å². The Morgan fingerprint density at radius 1 is 1.25 bits per heavy atom. The molecule has 3 rings (SSSR count). The van der Waals surface area contributed by atoms with Crippen LogP contribution in [0.25, 0.3) is 0 Å². The SMILES string of the molecule is Cc1nn(C(=O)c2cccs2)c(C)c1Sc1ccc([N+](=O)[O-])cc1. The Labute approximate surface area is 146 Å². The van der Waals surface area contributed by atoms with Gasteiger partial charge < -0.3 is 0 Å². The zero-order valence-corrected chi connectivity index (χ0v) is 14.6. The Balaban J connectivity index is 1.89. The quantitative estimate of drug-likeness (QED) is 0.512. The number of aryl methyl sites for hydroxylation is 1. The van der Waals surface area contributed by atoms with E-state index in [2.05, 4.69) is 5.10 Å². The van der Waals surface area contributed by atoms with E-state index < -0.39 is 4.92 Å². The highest BCUT2D eigenvalue weighted by molar-refractivity contribution is 7.99. The van der Waals surface area contributed by atoms with Crippen LogP contribution in [0.5, 0.6) is 0 Å². The number of nitrogens with zero attached hydrogens (tertiary/aromatic N) is 3. The highest BCUT2D eigenvalue weighted by Crippen LogP contribution is 2.34. The molecule has 0 bridgehead atoms. The van der Waals surface area contributed by atoms with Crippen LogP contribution in [0.3, 0.4) is 0 Å². The fourth-order valence-electron chi connectivity index (χ4n) is 2.23. The Bertz CT molecular complexity index is 900. The van der Waals surface area contributed by atoms with Gasteiger partial charge >= 0.3 is 0 Å². The second-order valence-electron chi connectivity index (χ2n) is 5.05. The summed E-state index contributed by atoms with van der Waals surface area (Å²) in [6, 6.07) is 9.92. The summed E-state index contributed by atoms with van der Waals surface area (Å²) in [5.74, 6) is -0.152. The number of carbonyl (C=O) groups is 1. The molecule has 8 heteroatoms. The Morgan fingerprint density at radius 3 is 2.54 bits per heavy atom. The molecule has 0 unspecified atom stereocenters. The lowest BCUT2D eigenvalue weighted by atomic mass is 10.3. The summed E-state index contributed by atoms with van der Waals surface area (Å²) in [5.41, 5.74) is 1.56. The smallest absolute Gasteiger partial charge is 0.266 e. The van der Waals surface area contributed by atoms with E-state index in [0.717, 1.165) is 21.2 Å². The largest absolute Gasteiger partial charge is 0.288 e. The van der Waals surface area contributed by atoms with Crippen molar-refractivity contribution in [3.8, 4) is 0 Å². The van der Waals surface area contributed by atoms with Crippen LogP contribution in [0.2, 0.25) is 0 Å². The van der Waals surface area contributed by atoms with E-state index in [-0.39, 0.29) is 11.6 Å². The molecule has 2 aromatic heterocycles. The average Bonchev–Trinajstić information content (AvgIpc) is 3.19. The van der Waals surface area contributed by atoms with Crippen molar-refractivity contribution in [1.82, 2.24) is 9.78 Å². The highest BCUT2D eigenvalue weighted by atomic mass is 32.2. The molecule has 3 aromatic rings. The number of hydrogen-bond donors (Lipinski definition) is 0. The minimum atomic E-state index is -0.428. The molecular weight excluding hydrogens is 346 g/mol. The van der Waals surface area contributed by atoms with Gasteiger partial charge in [-0.2, -0.15) is 9.78 Å². The molecule has 0 aliphatic carbocycles. The molecule has 0 radical (unpaired) electrons. The number of carbonyl (C=O) groups excluding carboxylic acids is 1. The van der Waals surface area contributed by atoms with Crippen LogP contribution in [0.15, 0.2) is 51.6 Å². The van der Waals surface area contributed by atoms with Crippen molar-refractivity contribution in [1.29, 1.82) is 0 Å². The van der Waals surface area contributed by atoms with Crippen LogP contribution in [-0.2, 0) is 0 Å². The minimum absolute atomic E-state index is 0.0522. The summed E-state index contributed by atoms with van der Waals surface area (Å²) in [7, 11) is 0. The van der Waals surface area contributed by atoms with Gasteiger partial charge in [-0.05, 0) is 37.4 Å². The van der Waals surface area contributed by atoms with Crippen molar-refractivity contribution in [3.63, 3.8) is 0 Å². The molecule has 0 atom stereocenters. The van der Waals surface area contributed by atoms with E-state index in [1.165, 1.54) is 39.9 Å². The first-order valence-electron chi connectivity index (χ1n) is 7.04. The second-order valence-corrected chi connectivity index (χ2v) is 7.08. The monoisotopic (exact) mass is 359 g/mol. The van der Waals surface area contributed by atoms with Crippen LogP contribution in [0.1, 0.15) is 21.1 Å². The number of nitro benzene ring substituents is 1. The van der Waals surface area contributed by atoms with Gasteiger partial charge in [0.15, 0.2) is 0 Å². The van der Waals surface area contributed by atoms with Crippen LogP contribution < -0.4 is 0 Å². The van der Waals surface area contributed by atoms with Crippen molar-refractivity contribution in [2.75, 3.05) is 0 Å². The molecule has 0 saturated carbocycles. The molecule has 0 spiro atoms. The fraction of sp³-hybridized carbons (Fsp3) is 0.125. The maximum absolute atomic E-state index is 12.5. The lowest BCUT2D eigenvalue weighted by Gasteiger charge is -2.03. The second kappa shape index (κ2) is 6.58. The third kappa shape index (κ3) is 3.10. The van der Waals surface area contributed by atoms with Crippen molar-refractivity contribution >= 4 is 34.7 Å². The number of rotatable bonds is 4. The van der Waals surface area contributed by atoms with Crippen LogP contribution in [0, 0.1) is 24.0 Å². The Kier molecular flexibility index (Phi) is 4.50. The molecule has 0 saturated heterocycles. The normalized spacial score (nSPS) is 10.8. The molecule has 0 fully saturated rings. The zero-order valence-electron chi connectivity index (χ0n) is 12.9. The number of hydrogen-bond acceptors (Lipinski definition) is 6. The summed E-state index contributed by atoms with van der Waals surface area (Å²) in [6.45, 7) is 3.69. The molecule has 0 aliphatic rings. The third-order valence-electron chi connectivity index (χ3n) is 3.42. The molecule has 6 nitrogen and oxygen atoms in total. The number of nitro groups is 1. The van der Waals surface area contributed by atoms with Gasteiger partial charge in [-0.25, -0.2) is 0 Å². The van der Waals surface area contributed by atoms with Gasteiger partial charge in [0.1, 0.15) is 0 Å². The lowest BCUT2D eigenvalue weighted by molar-refractivity contribution is -0.384. The summed E-state index contributed by atoms with van der Waals surface area (Å²) in [5, 5.41) is 16.9. The number of aromatic nitrogens is 2. The molecule has 0 amide bonds. The summed E-state index contributed by atoms with van der Waals surface area (Å²) >= 11 is 2.82. The number of non-ortho nitro benzene ring substituents is 1. The van der Waals surface area contributed by atoms with Crippen molar-refractivity contribution in [2.45, 2.75) is 23.6 Å². The first kappa shape index (κ1) is 16.4. The first-order valence-corrected chi connectivity index (χ1v) is 8.73. The van der Waals surface area contributed by atoms with E-state index in [1.54, 1.807) is 18.2 Å². The summed E-state index contributed by atoms with van der Waals surface area (Å²) in [6.07, 6.45) is 0. The van der Waals surface area contributed by atoms with Gasteiger partial charge in [-0.1, -0.05) is 17.8 Å². The average molecular weight is 359 g/mol. The molecule has 24 heavy (non-hydrogen) atoms.